The fourth-order valence-electron chi connectivity index (χ4n) is 2.81. The van der Waals surface area contributed by atoms with Crippen LogP contribution in [0.1, 0.15) is 50.3 Å². The number of likely N-dealkylation sites (tertiary alicyclic amines) is 1. The summed E-state index contributed by atoms with van der Waals surface area (Å²) in [6.45, 7) is 4.81. The number of amides is 1. The van der Waals surface area contributed by atoms with Crippen molar-refractivity contribution in [3.63, 3.8) is 0 Å². The Morgan fingerprint density at radius 3 is 3.00 bits per heavy atom. The predicted octanol–water partition coefficient (Wildman–Crippen LogP) is 1.51. The van der Waals surface area contributed by atoms with Gasteiger partial charge in [0.25, 0.3) is 0 Å². The van der Waals surface area contributed by atoms with Gasteiger partial charge in [-0.15, -0.1) is 16.8 Å². The molecular formula is C14H21N5O. The first kappa shape index (κ1) is 13.3. The smallest absolute Gasteiger partial charge is 0.246 e. The average molecular weight is 275 g/mol. The average Bonchev–Trinajstić information content (AvgIpc) is 3.01. The van der Waals surface area contributed by atoms with Gasteiger partial charge in [-0.05, 0) is 43.7 Å². The molecule has 1 saturated heterocycles. The van der Waals surface area contributed by atoms with Crippen molar-refractivity contribution in [1.82, 2.24) is 25.1 Å². The molecule has 0 radical (unpaired) electrons. The molecule has 0 N–H and O–H groups in total. The number of aromatic nitrogens is 4. The highest BCUT2D eigenvalue weighted by atomic mass is 16.2. The summed E-state index contributed by atoms with van der Waals surface area (Å²) in [7, 11) is 0. The van der Waals surface area contributed by atoms with Gasteiger partial charge in [-0.3, -0.25) is 4.79 Å². The zero-order chi connectivity index (χ0) is 13.9. The first-order valence-corrected chi connectivity index (χ1v) is 7.46. The molecule has 108 valence electrons. The molecule has 20 heavy (non-hydrogen) atoms. The first-order valence-electron chi connectivity index (χ1n) is 7.46. The van der Waals surface area contributed by atoms with Crippen molar-refractivity contribution in [2.75, 3.05) is 6.54 Å². The molecule has 1 unspecified atom stereocenters. The van der Waals surface area contributed by atoms with Gasteiger partial charge in [0.05, 0.1) is 0 Å². The normalized spacial score (nSPS) is 22.2. The van der Waals surface area contributed by atoms with E-state index in [9.17, 15) is 4.79 Å². The molecule has 3 rings (SSSR count). The maximum absolute atomic E-state index is 12.4. The van der Waals surface area contributed by atoms with Crippen LogP contribution in [0.25, 0.3) is 0 Å². The quantitative estimate of drug-likeness (QED) is 0.738. The van der Waals surface area contributed by atoms with E-state index < -0.39 is 0 Å². The summed E-state index contributed by atoms with van der Waals surface area (Å²) < 4.78 is 0. The molecule has 0 bridgehead atoms. The molecule has 1 atom stereocenters. The van der Waals surface area contributed by atoms with E-state index in [0.29, 0.717) is 12.0 Å². The topological polar surface area (TPSA) is 63.9 Å². The van der Waals surface area contributed by atoms with E-state index in [2.05, 4.69) is 22.0 Å². The van der Waals surface area contributed by atoms with Crippen molar-refractivity contribution in [3.8, 4) is 0 Å². The number of nitrogens with zero attached hydrogens (tertiary/aromatic N) is 5. The Morgan fingerprint density at radius 2 is 2.25 bits per heavy atom. The van der Waals surface area contributed by atoms with E-state index in [-0.39, 0.29) is 12.5 Å². The fraction of sp³-hybridized carbons (Fsp3) is 0.714. The van der Waals surface area contributed by atoms with Gasteiger partial charge in [-0.1, -0.05) is 6.08 Å². The molecule has 1 aliphatic heterocycles. The number of tetrazole rings is 1. The Labute approximate surface area is 118 Å². The number of hydrogen-bond donors (Lipinski definition) is 0. The number of carbonyl (C=O) groups excluding carboxylic acids is 1. The second kappa shape index (κ2) is 5.73. The lowest BCUT2D eigenvalue weighted by Crippen LogP contribution is -2.38. The largest absolute Gasteiger partial charge is 0.338 e. The van der Waals surface area contributed by atoms with Crippen LogP contribution in [0.15, 0.2) is 12.7 Å². The second-order valence-corrected chi connectivity index (χ2v) is 5.70. The minimum atomic E-state index is 0.108. The monoisotopic (exact) mass is 275 g/mol. The van der Waals surface area contributed by atoms with Crippen LogP contribution in [0.4, 0.5) is 0 Å². The Morgan fingerprint density at radius 1 is 1.40 bits per heavy atom. The summed E-state index contributed by atoms with van der Waals surface area (Å²) in [6.07, 6.45) is 8.37. The Balaban J connectivity index is 1.58. The van der Waals surface area contributed by atoms with Crippen molar-refractivity contribution >= 4 is 5.91 Å². The van der Waals surface area contributed by atoms with Crippen molar-refractivity contribution in [3.05, 3.63) is 18.5 Å². The predicted molar refractivity (Wildman–Crippen MR) is 74.0 cm³/mol. The van der Waals surface area contributed by atoms with Crippen LogP contribution in [0.2, 0.25) is 0 Å². The maximum atomic E-state index is 12.4. The molecule has 1 amide bonds. The van der Waals surface area contributed by atoms with Crippen LogP contribution in [0.3, 0.4) is 0 Å². The third-order valence-electron chi connectivity index (χ3n) is 4.09. The third kappa shape index (κ3) is 2.89. The van der Waals surface area contributed by atoms with Gasteiger partial charge >= 0.3 is 0 Å². The summed E-state index contributed by atoms with van der Waals surface area (Å²) in [5, 5.41) is 12.3. The van der Waals surface area contributed by atoms with Gasteiger partial charge in [-0.25, -0.2) is 0 Å². The SMILES string of the molecule is C=CCCC1CCCN1C(=O)Cn1nnc(C2CC2)n1. The standard InChI is InChI=1S/C14H21N5O/c1-2-3-5-12-6-4-9-18(12)13(20)10-19-16-14(15-17-19)11-7-8-11/h2,11-12H,1,3-10H2. The van der Waals surface area contributed by atoms with Crippen LogP contribution in [0.5, 0.6) is 0 Å². The molecule has 2 aliphatic rings. The highest BCUT2D eigenvalue weighted by molar-refractivity contribution is 5.76. The molecule has 1 aliphatic carbocycles. The second-order valence-electron chi connectivity index (χ2n) is 5.70. The van der Waals surface area contributed by atoms with Crippen molar-refractivity contribution in [1.29, 1.82) is 0 Å². The van der Waals surface area contributed by atoms with E-state index >= 15 is 0 Å². The van der Waals surface area contributed by atoms with Gasteiger partial charge in [0, 0.05) is 18.5 Å². The van der Waals surface area contributed by atoms with E-state index in [1.807, 2.05) is 11.0 Å². The number of allylic oxidation sites excluding steroid dienone is 1. The van der Waals surface area contributed by atoms with Gasteiger partial charge in [0.1, 0.15) is 6.54 Å². The lowest BCUT2D eigenvalue weighted by molar-refractivity contribution is -0.133. The molecule has 0 aromatic carbocycles. The Kier molecular flexibility index (Phi) is 3.80. The fourth-order valence-corrected chi connectivity index (χ4v) is 2.81. The van der Waals surface area contributed by atoms with Gasteiger partial charge in [-0.2, -0.15) is 4.80 Å². The first-order chi connectivity index (χ1) is 9.78. The van der Waals surface area contributed by atoms with Crippen LogP contribution >= 0.6 is 0 Å². The molecule has 1 saturated carbocycles. The summed E-state index contributed by atoms with van der Waals surface area (Å²) in [5.74, 6) is 1.38. The van der Waals surface area contributed by atoms with Crippen LogP contribution < -0.4 is 0 Å². The number of carbonyl (C=O) groups is 1. The van der Waals surface area contributed by atoms with E-state index in [1.54, 1.807) is 0 Å². The summed E-state index contributed by atoms with van der Waals surface area (Å²) in [6, 6.07) is 0.354. The molecule has 2 heterocycles. The molecular weight excluding hydrogens is 254 g/mol. The molecule has 1 aromatic heterocycles. The van der Waals surface area contributed by atoms with Crippen LogP contribution in [-0.4, -0.2) is 43.6 Å². The van der Waals surface area contributed by atoms with E-state index in [0.717, 1.165) is 50.9 Å². The minimum Gasteiger partial charge on any atom is -0.338 e. The van der Waals surface area contributed by atoms with Gasteiger partial charge in [0.2, 0.25) is 5.91 Å². The number of rotatable bonds is 6. The Bertz CT molecular complexity index is 494. The highest BCUT2D eigenvalue weighted by Gasteiger charge is 2.30. The molecule has 6 nitrogen and oxygen atoms in total. The van der Waals surface area contributed by atoms with Gasteiger partial charge < -0.3 is 4.90 Å². The summed E-state index contributed by atoms with van der Waals surface area (Å²) >= 11 is 0. The zero-order valence-electron chi connectivity index (χ0n) is 11.7. The third-order valence-corrected chi connectivity index (χ3v) is 4.09. The lowest BCUT2D eigenvalue weighted by Gasteiger charge is -2.24. The highest BCUT2D eigenvalue weighted by Crippen LogP contribution is 2.37. The summed E-state index contributed by atoms with van der Waals surface area (Å²) in [4.78, 5) is 15.8. The lowest BCUT2D eigenvalue weighted by atomic mass is 10.1. The van der Waals surface area contributed by atoms with E-state index in [1.165, 1.54) is 4.80 Å². The van der Waals surface area contributed by atoms with Crippen molar-refractivity contribution in [2.24, 2.45) is 0 Å². The molecule has 2 fully saturated rings. The maximum Gasteiger partial charge on any atom is 0.246 e. The Hall–Kier alpha value is -1.72. The molecule has 0 spiro atoms. The van der Waals surface area contributed by atoms with Crippen LogP contribution in [0, 0.1) is 0 Å². The number of hydrogen-bond acceptors (Lipinski definition) is 4. The van der Waals surface area contributed by atoms with Crippen molar-refractivity contribution in [2.45, 2.75) is 57.0 Å². The minimum absolute atomic E-state index is 0.108. The van der Waals surface area contributed by atoms with Crippen LogP contribution in [-0.2, 0) is 11.3 Å². The molecule has 1 aromatic rings. The van der Waals surface area contributed by atoms with E-state index in [4.69, 9.17) is 0 Å². The summed E-state index contributed by atoms with van der Waals surface area (Å²) in [5.41, 5.74) is 0. The molecule has 6 heteroatoms. The van der Waals surface area contributed by atoms with Crippen molar-refractivity contribution < 1.29 is 4.79 Å². The zero-order valence-corrected chi connectivity index (χ0v) is 11.7. The van der Waals surface area contributed by atoms with Gasteiger partial charge in [0.15, 0.2) is 5.82 Å².